The maximum Gasteiger partial charge on any atom is 0.242 e. The Balaban J connectivity index is 2.22. The van der Waals surface area contributed by atoms with E-state index in [0.29, 0.717) is 12.5 Å². The summed E-state index contributed by atoms with van der Waals surface area (Å²) in [6.07, 6.45) is 1.93. The van der Waals surface area contributed by atoms with Crippen molar-refractivity contribution in [1.29, 1.82) is 0 Å². The SMILES string of the molecule is CC(C)CCNC(=O)C(C)N(Cc1ccccc1)C(=O)CN(Cc1ccccc1)S(C)(=O)=O. The first-order valence-electron chi connectivity index (χ1n) is 11.2. The number of sulfonamides is 1. The lowest BCUT2D eigenvalue weighted by atomic mass is 10.1. The van der Waals surface area contributed by atoms with Crippen LogP contribution in [0.5, 0.6) is 0 Å². The molecule has 2 aromatic rings. The quantitative estimate of drug-likeness (QED) is 0.513. The lowest BCUT2D eigenvalue weighted by molar-refractivity contribution is -0.140. The highest BCUT2D eigenvalue weighted by molar-refractivity contribution is 7.88. The van der Waals surface area contributed by atoms with Crippen molar-refractivity contribution in [2.24, 2.45) is 5.92 Å². The van der Waals surface area contributed by atoms with Crippen molar-refractivity contribution in [3.8, 4) is 0 Å². The number of hydrogen-bond acceptors (Lipinski definition) is 4. The Morgan fingerprint density at radius 1 is 0.879 bits per heavy atom. The summed E-state index contributed by atoms with van der Waals surface area (Å²) in [7, 11) is -3.65. The molecule has 7 nitrogen and oxygen atoms in total. The molecule has 2 amide bonds. The van der Waals surface area contributed by atoms with Gasteiger partial charge in [-0.15, -0.1) is 0 Å². The number of nitrogens with one attached hydrogen (secondary N) is 1. The number of nitrogens with zero attached hydrogens (tertiary/aromatic N) is 2. The minimum atomic E-state index is -3.65. The van der Waals surface area contributed by atoms with E-state index in [2.05, 4.69) is 19.2 Å². The summed E-state index contributed by atoms with van der Waals surface area (Å²) in [6.45, 7) is 6.30. The number of hydrogen-bond donors (Lipinski definition) is 1. The fraction of sp³-hybridized carbons (Fsp3) is 0.440. The molecule has 1 unspecified atom stereocenters. The van der Waals surface area contributed by atoms with E-state index >= 15 is 0 Å². The first-order valence-corrected chi connectivity index (χ1v) is 13.0. The zero-order chi connectivity index (χ0) is 24.4. The molecule has 1 atom stereocenters. The van der Waals surface area contributed by atoms with Crippen LogP contribution in [-0.4, -0.2) is 54.8 Å². The molecule has 8 heteroatoms. The minimum Gasteiger partial charge on any atom is -0.354 e. The first kappa shape index (κ1) is 26.5. The molecule has 0 heterocycles. The Hall–Kier alpha value is -2.71. The van der Waals surface area contributed by atoms with Gasteiger partial charge in [0.1, 0.15) is 6.04 Å². The molecule has 0 aliphatic rings. The van der Waals surface area contributed by atoms with Crippen molar-refractivity contribution in [1.82, 2.24) is 14.5 Å². The van der Waals surface area contributed by atoms with E-state index in [1.165, 1.54) is 4.90 Å². The number of amides is 2. The summed E-state index contributed by atoms with van der Waals surface area (Å²) < 4.78 is 26.0. The second kappa shape index (κ2) is 12.5. The van der Waals surface area contributed by atoms with Gasteiger partial charge in [-0.25, -0.2) is 8.42 Å². The van der Waals surface area contributed by atoms with Crippen LogP contribution in [0.2, 0.25) is 0 Å². The van der Waals surface area contributed by atoms with Gasteiger partial charge in [-0.1, -0.05) is 74.5 Å². The summed E-state index contributed by atoms with van der Waals surface area (Å²) in [5, 5.41) is 2.89. The van der Waals surface area contributed by atoms with Gasteiger partial charge in [0.05, 0.1) is 12.8 Å². The van der Waals surface area contributed by atoms with E-state index in [4.69, 9.17) is 0 Å². The van der Waals surface area contributed by atoms with Crippen LogP contribution in [0.15, 0.2) is 60.7 Å². The van der Waals surface area contributed by atoms with E-state index in [1.54, 1.807) is 6.92 Å². The van der Waals surface area contributed by atoms with Gasteiger partial charge in [0, 0.05) is 19.6 Å². The van der Waals surface area contributed by atoms with Crippen molar-refractivity contribution in [2.45, 2.75) is 46.3 Å². The van der Waals surface area contributed by atoms with Crippen LogP contribution in [0.4, 0.5) is 0 Å². The van der Waals surface area contributed by atoms with Crippen molar-refractivity contribution < 1.29 is 18.0 Å². The maximum absolute atomic E-state index is 13.4. The largest absolute Gasteiger partial charge is 0.354 e. The summed E-state index contributed by atoms with van der Waals surface area (Å²) in [5.41, 5.74) is 1.64. The molecule has 2 rings (SSSR count). The average Bonchev–Trinajstić information content (AvgIpc) is 2.77. The number of carbonyl (C=O) groups excluding carboxylic acids is 2. The molecule has 1 N–H and O–H groups in total. The van der Waals surface area contributed by atoms with Crippen molar-refractivity contribution >= 4 is 21.8 Å². The Labute approximate surface area is 197 Å². The molecule has 0 spiro atoms. The summed E-state index contributed by atoms with van der Waals surface area (Å²) in [6, 6.07) is 17.7. The molecule has 0 radical (unpaired) electrons. The fourth-order valence-corrected chi connectivity index (χ4v) is 4.04. The third kappa shape index (κ3) is 8.98. The van der Waals surface area contributed by atoms with Gasteiger partial charge >= 0.3 is 0 Å². The second-order valence-corrected chi connectivity index (χ2v) is 10.7. The van der Waals surface area contributed by atoms with Crippen molar-refractivity contribution in [3.05, 3.63) is 71.8 Å². The third-order valence-electron chi connectivity index (χ3n) is 5.37. The van der Waals surface area contributed by atoms with Crippen LogP contribution >= 0.6 is 0 Å². The monoisotopic (exact) mass is 473 g/mol. The summed E-state index contributed by atoms with van der Waals surface area (Å²) in [4.78, 5) is 27.6. The van der Waals surface area contributed by atoms with Gasteiger partial charge in [0.25, 0.3) is 0 Å². The highest BCUT2D eigenvalue weighted by Crippen LogP contribution is 2.14. The van der Waals surface area contributed by atoms with E-state index in [0.717, 1.165) is 28.1 Å². The molecule has 0 aromatic heterocycles. The maximum atomic E-state index is 13.4. The van der Waals surface area contributed by atoms with Gasteiger partial charge in [0.2, 0.25) is 21.8 Å². The Kier molecular flexibility index (Phi) is 10.1. The zero-order valence-electron chi connectivity index (χ0n) is 19.9. The van der Waals surface area contributed by atoms with E-state index < -0.39 is 22.0 Å². The van der Waals surface area contributed by atoms with E-state index in [-0.39, 0.29) is 25.5 Å². The average molecular weight is 474 g/mol. The Morgan fingerprint density at radius 2 is 1.39 bits per heavy atom. The highest BCUT2D eigenvalue weighted by Gasteiger charge is 2.29. The van der Waals surface area contributed by atoms with Crippen molar-refractivity contribution in [2.75, 3.05) is 19.3 Å². The standard InChI is InChI=1S/C25H35N3O4S/c1-20(2)15-16-26-25(30)21(3)28(18-23-13-9-6-10-14-23)24(29)19-27(33(4,31)32)17-22-11-7-5-8-12-22/h5-14,20-21H,15-19H2,1-4H3,(H,26,30). The predicted molar refractivity (Wildman–Crippen MR) is 131 cm³/mol. The van der Waals surface area contributed by atoms with Gasteiger partial charge < -0.3 is 10.2 Å². The minimum absolute atomic E-state index is 0.0829. The molecular weight excluding hydrogens is 438 g/mol. The normalized spacial score (nSPS) is 12.5. The molecule has 0 bridgehead atoms. The predicted octanol–water partition coefficient (Wildman–Crippen LogP) is 3.03. The van der Waals surface area contributed by atoms with Crippen LogP contribution < -0.4 is 5.32 Å². The number of carbonyl (C=O) groups is 2. The van der Waals surface area contributed by atoms with Gasteiger partial charge in [-0.05, 0) is 30.4 Å². The molecular formula is C25H35N3O4S. The first-order chi connectivity index (χ1) is 15.6. The number of rotatable bonds is 12. The van der Waals surface area contributed by atoms with Gasteiger partial charge in [0.15, 0.2) is 0 Å². The fourth-order valence-electron chi connectivity index (χ4n) is 3.31. The zero-order valence-corrected chi connectivity index (χ0v) is 20.7. The lowest BCUT2D eigenvalue weighted by Crippen LogP contribution is -2.51. The molecule has 0 fully saturated rings. The van der Waals surface area contributed by atoms with E-state index in [1.807, 2.05) is 60.7 Å². The molecule has 0 saturated heterocycles. The van der Waals surface area contributed by atoms with Crippen molar-refractivity contribution in [3.63, 3.8) is 0 Å². The van der Waals surface area contributed by atoms with Gasteiger partial charge in [-0.3, -0.25) is 9.59 Å². The van der Waals surface area contributed by atoms with Crippen LogP contribution in [-0.2, 0) is 32.7 Å². The van der Waals surface area contributed by atoms with Crippen LogP contribution in [0.3, 0.4) is 0 Å². The Bertz CT molecular complexity index is 995. The molecule has 0 saturated carbocycles. The Morgan fingerprint density at radius 3 is 1.88 bits per heavy atom. The summed E-state index contributed by atoms with van der Waals surface area (Å²) in [5.74, 6) is -0.232. The molecule has 33 heavy (non-hydrogen) atoms. The number of benzene rings is 2. The topological polar surface area (TPSA) is 86.8 Å². The van der Waals surface area contributed by atoms with Gasteiger partial charge in [-0.2, -0.15) is 4.31 Å². The van der Waals surface area contributed by atoms with Crippen LogP contribution in [0.25, 0.3) is 0 Å². The highest BCUT2D eigenvalue weighted by atomic mass is 32.2. The molecule has 180 valence electrons. The molecule has 0 aliphatic carbocycles. The third-order valence-corrected chi connectivity index (χ3v) is 6.56. The van der Waals surface area contributed by atoms with E-state index in [9.17, 15) is 18.0 Å². The smallest absolute Gasteiger partial charge is 0.242 e. The second-order valence-electron chi connectivity index (χ2n) is 8.67. The summed E-state index contributed by atoms with van der Waals surface area (Å²) >= 11 is 0. The lowest BCUT2D eigenvalue weighted by Gasteiger charge is -2.31. The molecule has 2 aromatic carbocycles. The van der Waals surface area contributed by atoms with Crippen LogP contribution in [0, 0.1) is 5.92 Å². The molecule has 0 aliphatic heterocycles. The van der Waals surface area contributed by atoms with Crippen LogP contribution in [0.1, 0.15) is 38.3 Å².